The number of nitrogens with zero attached hydrogens (tertiary/aromatic N) is 3. The van der Waals surface area contributed by atoms with Crippen molar-refractivity contribution in [3.8, 4) is 5.69 Å². The van der Waals surface area contributed by atoms with Crippen LogP contribution in [-0.4, -0.2) is 20.2 Å². The molecule has 1 aromatic heterocycles. The zero-order valence-electron chi connectivity index (χ0n) is 14.5. The van der Waals surface area contributed by atoms with Crippen molar-refractivity contribution in [2.75, 3.05) is 5.75 Å². The van der Waals surface area contributed by atoms with Gasteiger partial charge in [0, 0.05) is 34.5 Å². The molecule has 0 atom stereocenters. The highest BCUT2D eigenvalue weighted by Gasteiger charge is 2.23. The second-order valence-corrected chi connectivity index (χ2v) is 9.06. The average molecular weight is 476 g/mol. The van der Waals surface area contributed by atoms with Crippen molar-refractivity contribution in [3.05, 3.63) is 84.7 Å². The summed E-state index contributed by atoms with van der Waals surface area (Å²) in [6.45, 7) is 0. The Bertz CT molecular complexity index is 1100. The molecule has 3 aromatic rings. The van der Waals surface area contributed by atoms with Crippen molar-refractivity contribution in [1.29, 1.82) is 0 Å². The van der Waals surface area contributed by atoms with Gasteiger partial charge in [0.1, 0.15) is 0 Å². The first kappa shape index (κ1) is 19.2. The molecule has 0 radical (unpaired) electrons. The summed E-state index contributed by atoms with van der Waals surface area (Å²) in [5.41, 5.74) is 2.42. The Morgan fingerprint density at radius 3 is 2.57 bits per heavy atom. The van der Waals surface area contributed by atoms with E-state index in [1.807, 2.05) is 24.3 Å². The second-order valence-electron chi connectivity index (χ2n) is 6.10. The molecule has 0 aliphatic carbocycles. The maximum Gasteiger partial charge on any atom is 0.272 e. The van der Waals surface area contributed by atoms with E-state index < -0.39 is 4.92 Å². The molecule has 1 aliphatic rings. The molecule has 0 unspecified atom stereocenters. The molecule has 0 bridgehead atoms. The van der Waals surface area contributed by atoms with Gasteiger partial charge >= 0.3 is 0 Å². The summed E-state index contributed by atoms with van der Waals surface area (Å²) < 4.78 is 2.57. The lowest BCUT2D eigenvalue weighted by Crippen LogP contribution is -2.23. The van der Waals surface area contributed by atoms with Crippen LogP contribution < -0.4 is 5.56 Å². The number of hydrogen-bond acceptors (Lipinski definition) is 6. The van der Waals surface area contributed by atoms with Crippen LogP contribution in [0.5, 0.6) is 0 Å². The lowest BCUT2D eigenvalue weighted by molar-refractivity contribution is -0.384. The van der Waals surface area contributed by atoms with Crippen molar-refractivity contribution in [2.45, 2.75) is 22.2 Å². The fourth-order valence-electron chi connectivity index (χ4n) is 2.87. The standard InChI is InChI=1S/C19H14BrN3O3S2/c20-13-3-1-12(2-4-13)11-28-19-21-16-9-10-27-17(16)18(24)22(19)14-5-7-15(8-6-14)23(25)26/h1-8H,9-11H2. The fraction of sp³-hybridized carbons (Fsp3) is 0.158. The van der Waals surface area contributed by atoms with Crippen LogP contribution in [0, 0.1) is 10.1 Å². The number of hydrogen-bond donors (Lipinski definition) is 0. The maximum absolute atomic E-state index is 13.1. The Labute approximate surface area is 177 Å². The highest BCUT2D eigenvalue weighted by molar-refractivity contribution is 9.10. The molecule has 28 heavy (non-hydrogen) atoms. The summed E-state index contributed by atoms with van der Waals surface area (Å²) >= 11 is 6.43. The third-order valence-corrected chi connectivity index (χ3v) is 6.91. The fourth-order valence-corrected chi connectivity index (χ4v) is 5.14. The maximum atomic E-state index is 13.1. The van der Waals surface area contributed by atoms with Gasteiger partial charge in [-0.2, -0.15) is 0 Å². The van der Waals surface area contributed by atoms with Crippen molar-refractivity contribution >= 4 is 45.1 Å². The molecule has 0 amide bonds. The molecule has 2 heterocycles. The topological polar surface area (TPSA) is 78.0 Å². The zero-order valence-corrected chi connectivity index (χ0v) is 17.7. The normalized spacial score (nSPS) is 12.8. The minimum Gasteiger partial charge on any atom is -0.268 e. The van der Waals surface area contributed by atoms with Crippen molar-refractivity contribution in [2.24, 2.45) is 0 Å². The number of fused-ring (bicyclic) bond motifs is 1. The molecule has 0 saturated heterocycles. The van der Waals surface area contributed by atoms with Gasteiger partial charge in [-0.25, -0.2) is 4.98 Å². The molecule has 0 saturated carbocycles. The van der Waals surface area contributed by atoms with Crippen LogP contribution in [0.2, 0.25) is 0 Å². The van der Waals surface area contributed by atoms with Gasteiger partial charge in [0.25, 0.3) is 11.2 Å². The summed E-state index contributed by atoms with van der Waals surface area (Å²) in [6, 6.07) is 14.0. The first-order valence-corrected chi connectivity index (χ1v) is 11.2. The van der Waals surface area contributed by atoms with E-state index in [0.29, 0.717) is 21.5 Å². The zero-order chi connectivity index (χ0) is 19.7. The third kappa shape index (κ3) is 3.87. The second kappa shape index (κ2) is 8.10. The van der Waals surface area contributed by atoms with Crippen LogP contribution in [0.3, 0.4) is 0 Å². The molecular formula is C19H14BrN3O3S2. The molecule has 2 aromatic carbocycles. The monoisotopic (exact) mass is 475 g/mol. The van der Waals surface area contributed by atoms with E-state index in [4.69, 9.17) is 4.98 Å². The van der Waals surface area contributed by atoms with Crippen LogP contribution >= 0.6 is 39.5 Å². The van der Waals surface area contributed by atoms with Gasteiger partial charge in [-0.15, -0.1) is 11.8 Å². The number of rotatable bonds is 5. The number of thioether (sulfide) groups is 2. The molecule has 1 aliphatic heterocycles. The Morgan fingerprint density at radius 1 is 1.18 bits per heavy atom. The molecule has 4 rings (SSSR count). The van der Waals surface area contributed by atoms with Crippen molar-refractivity contribution < 1.29 is 4.92 Å². The van der Waals surface area contributed by atoms with E-state index in [2.05, 4.69) is 15.9 Å². The van der Waals surface area contributed by atoms with Crippen molar-refractivity contribution in [1.82, 2.24) is 9.55 Å². The minimum absolute atomic E-state index is 0.00985. The summed E-state index contributed by atoms with van der Waals surface area (Å²) in [5, 5.41) is 11.5. The Balaban J connectivity index is 1.74. The van der Waals surface area contributed by atoms with E-state index in [9.17, 15) is 14.9 Å². The number of aryl methyl sites for hydroxylation is 1. The number of halogens is 1. The van der Waals surface area contributed by atoms with Gasteiger partial charge in [-0.05, 0) is 29.8 Å². The van der Waals surface area contributed by atoms with E-state index in [0.717, 1.165) is 27.9 Å². The Kier molecular flexibility index (Phi) is 5.56. The molecule has 0 spiro atoms. The largest absolute Gasteiger partial charge is 0.272 e. The summed E-state index contributed by atoms with van der Waals surface area (Å²) in [5.74, 6) is 1.51. The third-order valence-electron chi connectivity index (χ3n) is 4.27. The Morgan fingerprint density at radius 2 is 1.89 bits per heavy atom. The summed E-state index contributed by atoms with van der Waals surface area (Å²) in [7, 11) is 0. The van der Waals surface area contributed by atoms with Crippen LogP contribution in [0.15, 0.2) is 67.9 Å². The van der Waals surface area contributed by atoms with Gasteiger partial charge in [-0.1, -0.05) is 39.8 Å². The van der Waals surface area contributed by atoms with Crippen LogP contribution in [0.4, 0.5) is 5.69 Å². The summed E-state index contributed by atoms with van der Waals surface area (Å²) in [6.07, 6.45) is 0.780. The SMILES string of the molecule is O=c1c2c(nc(SCc3ccc(Br)cc3)n1-c1ccc([N+](=O)[O-])cc1)CCS2. The lowest BCUT2D eigenvalue weighted by atomic mass is 10.2. The van der Waals surface area contributed by atoms with E-state index in [-0.39, 0.29) is 11.2 Å². The number of aromatic nitrogens is 2. The number of benzene rings is 2. The molecule has 9 heteroatoms. The molecular weight excluding hydrogens is 462 g/mol. The van der Waals surface area contributed by atoms with E-state index >= 15 is 0 Å². The van der Waals surface area contributed by atoms with Gasteiger partial charge < -0.3 is 0 Å². The number of nitro groups is 1. The predicted octanol–water partition coefficient (Wildman–Crippen LogP) is 4.84. The first-order chi connectivity index (χ1) is 13.5. The average Bonchev–Trinajstić information content (AvgIpc) is 3.17. The molecule has 0 N–H and O–H groups in total. The van der Waals surface area contributed by atoms with Crippen LogP contribution in [0.1, 0.15) is 11.3 Å². The van der Waals surface area contributed by atoms with E-state index in [1.165, 1.54) is 35.7 Å². The minimum atomic E-state index is -0.452. The van der Waals surface area contributed by atoms with E-state index in [1.54, 1.807) is 16.7 Å². The molecule has 142 valence electrons. The quantitative estimate of drug-likeness (QED) is 0.227. The van der Waals surface area contributed by atoms with Gasteiger partial charge in [-0.3, -0.25) is 19.5 Å². The highest BCUT2D eigenvalue weighted by atomic mass is 79.9. The van der Waals surface area contributed by atoms with Crippen LogP contribution in [0.25, 0.3) is 5.69 Å². The summed E-state index contributed by atoms with van der Waals surface area (Å²) in [4.78, 5) is 29.0. The first-order valence-electron chi connectivity index (χ1n) is 8.44. The smallest absolute Gasteiger partial charge is 0.268 e. The van der Waals surface area contributed by atoms with Gasteiger partial charge in [0.05, 0.1) is 21.2 Å². The molecule has 0 fully saturated rings. The number of non-ortho nitro benzene ring substituents is 1. The highest BCUT2D eigenvalue weighted by Crippen LogP contribution is 2.31. The van der Waals surface area contributed by atoms with Gasteiger partial charge in [0.2, 0.25) is 0 Å². The Hall–Kier alpha value is -2.10. The number of nitro benzene ring substituents is 1. The predicted molar refractivity (Wildman–Crippen MR) is 115 cm³/mol. The van der Waals surface area contributed by atoms with Gasteiger partial charge in [0.15, 0.2) is 5.16 Å². The van der Waals surface area contributed by atoms with Crippen LogP contribution in [-0.2, 0) is 12.2 Å². The lowest BCUT2D eigenvalue weighted by Gasteiger charge is -2.13. The van der Waals surface area contributed by atoms with Crippen molar-refractivity contribution in [3.63, 3.8) is 0 Å². The molecule has 6 nitrogen and oxygen atoms in total.